The van der Waals surface area contributed by atoms with E-state index in [2.05, 4.69) is 24.2 Å². The largest absolute Gasteiger partial charge is 0.460 e. The lowest BCUT2D eigenvalue weighted by Crippen LogP contribution is -2.27. The van der Waals surface area contributed by atoms with Crippen molar-refractivity contribution in [2.75, 3.05) is 13.2 Å². The number of esters is 1. The maximum absolute atomic E-state index is 12.3. The van der Waals surface area contributed by atoms with Crippen LogP contribution in [0.1, 0.15) is 32.3 Å². The van der Waals surface area contributed by atoms with Crippen LogP contribution in [0.5, 0.6) is 0 Å². The molecule has 7 heteroatoms. The Morgan fingerprint density at radius 2 is 2.04 bits per heavy atom. The minimum atomic E-state index is -0.318. The van der Waals surface area contributed by atoms with Crippen LogP contribution in [0.25, 0.3) is 0 Å². The highest BCUT2D eigenvalue weighted by molar-refractivity contribution is 8.15. The van der Waals surface area contributed by atoms with Crippen LogP contribution in [-0.4, -0.2) is 41.6 Å². The Hall–Kier alpha value is -1.86. The summed E-state index contributed by atoms with van der Waals surface area (Å²) in [6.07, 6.45) is 0.852. The average molecular weight is 391 g/mol. The molecule has 3 atom stereocenters. The Morgan fingerprint density at radius 3 is 2.74 bits per heavy atom. The molecule has 6 nitrogen and oxygen atoms in total. The molecule has 2 fully saturated rings. The maximum Gasteiger partial charge on any atom is 0.309 e. The van der Waals surface area contributed by atoms with Gasteiger partial charge in [0.1, 0.15) is 6.10 Å². The lowest BCUT2D eigenvalue weighted by molar-refractivity contribution is -0.146. The first kappa shape index (κ1) is 19.9. The van der Waals surface area contributed by atoms with E-state index < -0.39 is 0 Å². The molecule has 146 valence electrons. The summed E-state index contributed by atoms with van der Waals surface area (Å²) in [6.45, 7) is 7.24. The summed E-state index contributed by atoms with van der Waals surface area (Å²) in [5.74, 6) is -0.147. The average Bonchev–Trinajstić information content (AvgIpc) is 3.12. The molecule has 27 heavy (non-hydrogen) atoms. The summed E-state index contributed by atoms with van der Waals surface area (Å²) in [5.41, 5.74) is 1.96. The zero-order valence-corrected chi connectivity index (χ0v) is 16.8. The van der Waals surface area contributed by atoms with Gasteiger partial charge in [-0.3, -0.25) is 9.59 Å². The number of thioether (sulfide) groups is 1. The molecule has 2 aliphatic heterocycles. The van der Waals surface area contributed by atoms with Gasteiger partial charge in [-0.25, -0.2) is 4.99 Å². The fourth-order valence-electron chi connectivity index (χ4n) is 3.06. The van der Waals surface area contributed by atoms with Gasteiger partial charge in [-0.15, -0.1) is 0 Å². The smallest absolute Gasteiger partial charge is 0.309 e. The highest BCUT2D eigenvalue weighted by Crippen LogP contribution is 2.33. The Labute approximate surface area is 164 Å². The number of hydrogen-bond donors (Lipinski definition) is 1. The van der Waals surface area contributed by atoms with E-state index in [1.165, 1.54) is 11.8 Å². The normalized spacial score (nSPS) is 26.7. The van der Waals surface area contributed by atoms with Gasteiger partial charge in [-0.1, -0.05) is 43.3 Å². The second kappa shape index (κ2) is 8.89. The van der Waals surface area contributed by atoms with Crippen molar-refractivity contribution >= 4 is 34.5 Å². The third-order valence-corrected chi connectivity index (χ3v) is 5.57. The molecule has 1 N–H and O–H groups in total. The molecule has 2 saturated heterocycles. The lowest BCUT2D eigenvalue weighted by atomic mass is 9.99. The quantitative estimate of drug-likeness (QED) is 0.724. The van der Waals surface area contributed by atoms with E-state index in [0.717, 1.165) is 11.3 Å². The van der Waals surface area contributed by atoms with Crippen LogP contribution in [0.4, 0.5) is 5.69 Å². The van der Waals surface area contributed by atoms with E-state index in [1.54, 1.807) is 0 Å². The van der Waals surface area contributed by atoms with Gasteiger partial charge in [-0.2, -0.15) is 0 Å². The molecule has 3 unspecified atom stereocenters. The number of ether oxygens (including phenoxy) is 2. The molecule has 0 aliphatic carbocycles. The van der Waals surface area contributed by atoms with Crippen LogP contribution in [0, 0.1) is 18.8 Å². The summed E-state index contributed by atoms with van der Waals surface area (Å²) >= 11 is 1.38. The summed E-state index contributed by atoms with van der Waals surface area (Å²) in [7, 11) is 0. The van der Waals surface area contributed by atoms with Crippen molar-refractivity contribution < 1.29 is 19.1 Å². The number of benzene rings is 1. The molecule has 2 heterocycles. The SMILES string of the molecule is Cc1ccc(N=C2NC(=O)C(CC3CC(COCC(C)C)OC3=O)S2)cc1. The number of amides is 1. The van der Waals surface area contributed by atoms with E-state index in [4.69, 9.17) is 9.47 Å². The van der Waals surface area contributed by atoms with Crippen molar-refractivity contribution in [2.24, 2.45) is 16.8 Å². The van der Waals surface area contributed by atoms with Gasteiger partial charge in [0.25, 0.3) is 0 Å². The number of hydrogen-bond acceptors (Lipinski definition) is 6. The Bertz CT molecular complexity index is 717. The predicted octanol–water partition coefficient (Wildman–Crippen LogP) is 3.21. The van der Waals surface area contributed by atoms with Crippen molar-refractivity contribution in [1.82, 2.24) is 5.32 Å². The van der Waals surface area contributed by atoms with Crippen LogP contribution in [-0.2, 0) is 19.1 Å². The molecule has 1 aromatic rings. The zero-order chi connectivity index (χ0) is 19.4. The molecule has 0 radical (unpaired) electrons. The summed E-state index contributed by atoms with van der Waals surface area (Å²) in [4.78, 5) is 28.9. The second-order valence-corrected chi connectivity index (χ2v) is 8.70. The van der Waals surface area contributed by atoms with Crippen LogP contribution >= 0.6 is 11.8 Å². The van der Waals surface area contributed by atoms with Crippen molar-refractivity contribution in [3.63, 3.8) is 0 Å². The van der Waals surface area contributed by atoms with E-state index in [0.29, 0.717) is 37.1 Å². The molecule has 0 aromatic heterocycles. The minimum Gasteiger partial charge on any atom is -0.460 e. The van der Waals surface area contributed by atoms with E-state index >= 15 is 0 Å². The molecule has 1 amide bonds. The third kappa shape index (κ3) is 5.56. The van der Waals surface area contributed by atoms with Gasteiger partial charge < -0.3 is 14.8 Å². The maximum atomic E-state index is 12.3. The van der Waals surface area contributed by atoms with Gasteiger partial charge >= 0.3 is 5.97 Å². The first-order valence-electron chi connectivity index (χ1n) is 9.32. The number of rotatable bonds is 7. The number of nitrogens with one attached hydrogen (secondary N) is 1. The first-order valence-corrected chi connectivity index (χ1v) is 10.2. The number of aryl methyl sites for hydroxylation is 1. The van der Waals surface area contributed by atoms with Gasteiger partial charge in [0.15, 0.2) is 5.17 Å². The van der Waals surface area contributed by atoms with Gasteiger partial charge in [0.05, 0.1) is 23.5 Å². The second-order valence-electron chi connectivity index (χ2n) is 7.51. The fourth-order valence-corrected chi connectivity index (χ4v) is 4.14. The van der Waals surface area contributed by atoms with Crippen LogP contribution in [0.3, 0.4) is 0 Å². The standard InChI is InChI=1S/C20H26N2O4S/c1-12(2)10-25-11-16-8-14(19(24)26-16)9-17-18(23)22-20(27-17)21-15-6-4-13(3)5-7-15/h4-7,12,14,16-17H,8-11H2,1-3H3,(H,21,22,23). The van der Waals surface area contributed by atoms with Crippen molar-refractivity contribution in [1.29, 1.82) is 0 Å². The topological polar surface area (TPSA) is 77.0 Å². The number of cyclic esters (lactones) is 1. The predicted molar refractivity (Wildman–Crippen MR) is 106 cm³/mol. The Morgan fingerprint density at radius 1 is 1.30 bits per heavy atom. The summed E-state index contributed by atoms with van der Waals surface area (Å²) < 4.78 is 11.0. The number of carbonyl (C=O) groups is 2. The highest BCUT2D eigenvalue weighted by Gasteiger charge is 2.40. The Kier molecular flexibility index (Phi) is 6.55. The molecular weight excluding hydrogens is 364 g/mol. The lowest BCUT2D eigenvalue weighted by Gasteiger charge is -2.11. The monoisotopic (exact) mass is 390 g/mol. The molecule has 3 rings (SSSR count). The minimum absolute atomic E-state index is 0.0989. The molecule has 1 aromatic carbocycles. The number of amidine groups is 1. The van der Waals surface area contributed by atoms with E-state index in [9.17, 15) is 9.59 Å². The highest BCUT2D eigenvalue weighted by atomic mass is 32.2. The molecule has 0 spiro atoms. The zero-order valence-electron chi connectivity index (χ0n) is 15.9. The van der Waals surface area contributed by atoms with Crippen LogP contribution < -0.4 is 5.32 Å². The third-order valence-electron chi connectivity index (χ3n) is 4.46. The molecule has 2 aliphatic rings. The van der Waals surface area contributed by atoms with E-state index in [-0.39, 0.29) is 29.1 Å². The van der Waals surface area contributed by atoms with Crippen molar-refractivity contribution in [3.05, 3.63) is 29.8 Å². The first-order chi connectivity index (χ1) is 12.9. The van der Waals surface area contributed by atoms with E-state index in [1.807, 2.05) is 31.2 Å². The fraction of sp³-hybridized carbons (Fsp3) is 0.550. The van der Waals surface area contributed by atoms with Gasteiger partial charge in [-0.05, 0) is 37.8 Å². The molecule has 0 bridgehead atoms. The van der Waals surface area contributed by atoms with Crippen LogP contribution in [0.15, 0.2) is 29.3 Å². The number of carbonyl (C=O) groups excluding carboxylic acids is 2. The van der Waals surface area contributed by atoms with Gasteiger partial charge in [0, 0.05) is 6.61 Å². The van der Waals surface area contributed by atoms with Crippen molar-refractivity contribution in [3.8, 4) is 0 Å². The van der Waals surface area contributed by atoms with Crippen molar-refractivity contribution in [2.45, 2.75) is 45.0 Å². The molecule has 0 saturated carbocycles. The molecular formula is C20H26N2O4S. The summed E-state index contributed by atoms with van der Waals surface area (Å²) in [5, 5.41) is 3.07. The number of aliphatic imine (C=N–C) groups is 1. The Balaban J connectivity index is 1.52. The number of nitrogens with zero attached hydrogens (tertiary/aromatic N) is 1. The van der Waals surface area contributed by atoms with Crippen LogP contribution in [0.2, 0.25) is 0 Å². The van der Waals surface area contributed by atoms with Gasteiger partial charge in [0.2, 0.25) is 5.91 Å². The summed E-state index contributed by atoms with van der Waals surface area (Å²) in [6, 6.07) is 7.79.